The van der Waals surface area contributed by atoms with Crippen LogP contribution in [0.3, 0.4) is 0 Å². The van der Waals surface area contributed by atoms with Gasteiger partial charge in [-0.3, -0.25) is 0 Å². The highest BCUT2D eigenvalue weighted by molar-refractivity contribution is 6.11. The topological polar surface area (TPSA) is 18.0 Å². The lowest BCUT2D eigenvalue weighted by Gasteiger charge is -2.26. The Bertz CT molecular complexity index is 3270. The van der Waals surface area contributed by atoms with Gasteiger partial charge in [-0.15, -0.1) is 0 Å². The molecule has 61 heavy (non-hydrogen) atoms. The van der Waals surface area contributed by atoms with Gasteiger partial charge >= 0.3 is 0 Å². The second kappa shape index (κ2) is 13.6. The molecule has 0 saturated carbocycles. The van der Waals surface area contributed by atoms with Crippen LogP contribution in [0.1, 0.15) is 0 Å². The van der Waals surface area contributed by atoms with Gasteiger partial charge in [-0.05, 0) is 106 Å². The van der Waals surface area contributed by atoms with Crippen LogP contribution in [0.15, 0.2) is 200 Å². The highest BCUT2D eigenvalue weighted by Gasteiger charge is 2.17. The molecule has 0 amide bonds. The molecule has 12 aromatic rings. The Hall–Kier alpha value is -7.82. The van der Waals surface area contributed by atoms with E-state index >= 15 is 0 Å². The molecule has 0 bridgehead atoms. The summed E-state index contributed by atoms with van der Waals surface area (Å²) in [7, 11) is 6.49. The lowest BCUT2D eigenvalue weighted by molar-refractivity contribution is 1.01. The molecule has 12 rings (SSSR count). The summed E-state index contributed by atoms with van der Waals surface area (Å²) in [5, 5.41) is 7.72. The van der Waals surface area contributed by atoms with Crippen LogP contribution in [-0.4, -0.2) is 13.7 Å². The number of fused-ring (bicyclic) bond motifs is 9. The second-order valence-corrected chi connectivity index (χ2v) is 16.4. The summed E-state index contributed by atoms with van der Waals surface area (Å²) >= 11 is 0. The Morgan fingerprint density at radius 3 is 0.787 bits per heavy atom. The highest BCUT2D eigenvalue weighted by atomic mass is 15.1. The van der Waals surface area contributed by atoms with Gasteiger partial charge in [-0.25, -0.2) is 0 Å². The number of aromatic nitrogens is 3. The van der Waals surface area contributed by atoms with Crippen LogP contribution in [0, 0.1) is 0 Å². The van der Waals surface area contributed by atoms with Crippen LogP contribution >= 0.6 is 0 Å². The number of rotatable bonds is 6. The average molecular weight is 783 g/mol. The van der Waals surface area contributed by atoms with Gasteiger partial charge in [0.15, 0.2) is 0 Å². The summed E-state index contributed by atoms with van der Waals surface area (Å²) in [5.74, 6) is 0. The van der Waals surface area contributed by atoms with Crippen molar-refractivity contribution in [2.75, 3.05) is 4.90 Å². The first-order valence-corrected chi connectivity index (χ1v) is 21.0. The summed E-state index contributed by atoms with van der Waals surface area (Å²) in [6, 6.07) is 73.6. The van der Waals surface area contributed by atoms with Crippen molar-refractivity contribution >= 4 is 82.5 Å². The number of anilines is 3. The van der Waals surface area contributed by atoms with Crippen molar-refractivity contribution in [3.63, 3.8) is 0 Å². The fourth-order valence-electron chi connectivity index (χ4n) is 9.88. The van der Waals surface area contributed by atoms with Crippen LogP contribution < -0.4 is 4.90 Å². The SMILES string of the molecule is Cn1c2ccccc2c2ccc(-c3ccc(N(c4ccc(-c5ccc6c7ccccc7n(C)c6c5)cc4)c4ccc(-c5ccc6c7ccccc7n(C)c6c5)cc4)cc3)cc21. The Morgan fingerprint density at radius 2 is 0.492 bits per heavy atom. The van der Waals surface area contributed by atoms with Crippen molar-refractivity contribution in [3.05, 3.63) is 200 Å². The third-order valence-electron chi connectivity index (χ3n) is 13.1. The minimum absolute atomic E-state index is 1.10. The molecule has 0 aliphatic heterocycles. The lowest BCUT2D eigenvalue weighted by atomic mass is 10.0. The van der Waals surface area contributed by atoms with Gasteiger partial charge in [-0.2, -0.15) is 0 Å². The number of aryl methyl sites for hydroxylation is 3. The smallest absolute Gasteiger partial charge is 0.0494 e. The summed E-state index contributed by atoms with van der Waals surface area (Å²) in [6.45, 7) is 0. The minimum atomic E-state index is 1.10. The van der Waals surface area contributed by atoms with E-state index in [1.54, 1.807) is 0 Å². The molecule has 0 radical (unpaired) electrons. The molecule has 3 heterocycles. The van der Waals surface area contributed by atoms with Gasteiger partial charge in [0, 0.05) is 104 Å². The van der Waals surface area contributed by atoms with Crippen LogP contribution in [-0.2, 0) is 21.1 Å². The minimum Gasteiger partial charge on any atom is -0.344 e. The molecule has 0 aliphatic rings. The Balaban J connectivity index is 0.923. The van der Waals surface area contributed by atoms with Crippen molar-refractivity contribution in [2.24, 2.45) is 21.1 Å². The van der Waals surface area contributed by atoms with E-state index in [0.29, 0.717) is 0 Å². The third kappa shape index (κ3) is 5.53. The van der Waals surface area contributed by atoms with Crippen molar-refractivity contribution in [3.8, 4) is 33.4 Å². The first kappa shape index (κ1) is 35.2. The largest absolute Gasteiger partial charge is 0.344 e. The van der Waals surface area contributed by atoms with Crippen LogP contribution in [0.5, 0.6) is 0 Å². The zero-order valence-electron chi connectivity index (χ0n) is 34.3. The van der Waals surface area contributed by atoms with Crippen molar-refractivity contribution in [1.29, 1.82) is 0 Å². The highest BCUT2D eigenvalue weighted by Crippen LogP contribution is 2.40. The quantitative estimate of drug-likeness (QED) is 0.164. The Morgan fingerprint density at radius 1 is 0.246 bits per heavy atom. The molecule has 4 heteroatoms. The van der Waals surface area contributed by atoms with Crippen LogP contribution in [0.25, 0.3) is 98.8 Å². The van der Waals surface area contributed by atoms with Crippen molar-refractivity contribution in [1.82, 2.24) is 13.7 Å². The molecular weight excluding hydrogens is 741 g/mol. The maximum Gasteiger partial charge on any atom is 0.0494 e. The molecule has 0 saturated heterocycles. The van der Waals surface area contributed by atoms with Gasteiger partial charge in [0.1, 0.15) is 0 Å². The third-order valence-corrected chi connectivity index (χ3v) is 13.1. The molecule has 0 N–H and O–H groups in total. The summed E-state index contributed by atoms with van der Waals surface area (Å²) < 4.78 is 6.91. The van der Waals surface area contributed by atoms with E-state index in [1.807, 2.05) is 0 Å². The zero-order valence-corrected chi connectivity index (χ0v) is 34.3. The molecule has 9 aromatic carbocycles. The number of hydrogen-bond acceptors (Lipinski definition) is 1. The fraction of sp³-hybridized carbons (Fsp3) is 0.0526. The molecule has 0 atom stereocenters. The zero-order chi connectivity index (χ0) is 40.8. The monoisotopic (exact) mass is 782 g/mol. The van der Waals surface area contributed by atoms with E-state index in [1.165, 1.54) is 98.8 Å². The van der Waals surface area contributed by atoms with Gasteiger partial charge in [0.2, 0.25) is 0 Å². The molecule has 0 unspecified atom stereocenters. The van der Waals surface area contributed by atoms with Crippen molar-refractivity contribution < 1.29 is 0 Å². The van der Waals surface area contributed by atoms with E-state index in [2.05, 4.69) is 240 Å². The summed E-state index contributed by atoms with van der Waals surface area (Å²) in [6.07, 6.45) is 0. The molecular formula is C57H42N4. The first-order chi connectivity index (χ1) is 30.0. The van der Waals surface area contributed by atoms with E-state index < -0.39 is 0 Å². The Labute approximate surface area is 354 Å². The van der Waals surface area contributed by atoms with Gasteiger partial charge in [0.25, 0.3) is 0 Å². The average Bonchev–Trinajstić information content (AvgIpc) is 3.90. The van der Waals surface area contributed by atoms with Crippen LogP contribution in [0.4, 0.5) is 17.1 Å². The van der Waals surface area contributed by atoms with Crippen molar-refractivity contribution in [2.45, 2.75) is 0 Å². The number of benzene rings is 9. The summed E-state index contributed by atoms with van der Waals surface area (Å²) in [5.41, 5.74) is 18.0. The Kier molecular flexibility index (Phi) is 7.85. The second-order valence-electron chi connectivity index (χ2n) is 16.4. The van der Waals surface area contributed by atoms with E-state index in [0.717, 1.165) is 17.1 Å². The van der Waals surface area contributed by atoms with E-state index in [4.69, 9.17) is 0 Å². The normalized spacial score (nSPS) is 11.9. The van der Waals surface area contributed by atoms with Crippen LogP contribution in [0.2, 0.25) is 0 Å². The first-order valence-electron chi connectivity index (χ1n) is 21.0. The number of hydrogen-bond donors (Lipinski definition) is 0. The maximum absolute atomic E-state index is 2.37. The molecule has 0 spiro atoms. The number of para-hydroxylation sites is 3. The molecule has 0 aliphatic carbocycles. The van der Waals surface area contributed by atoms with Gasteiger partial charge in [0.05, 0.1) is 0 Å². The van der Waals surface area contributed by atoms with E-state index in [9.17, 15) is 0 Å². The van der Waals surface area contributed by atoms with Gasteiger partial charge < -0.3 is 18.6 Å². The standard InChI is InChI=1S/C57H42N4/c1-58-52-13-7-4-10-46(52)49-31-22-40(34-55(49)58)37-16-25-43(26-17-37)61(44-27-18-38(19-28-44)41-23-32-50-47-11-5-8-14-53(47)59(2)56(50)35-41)45-29-20-39(21-30-45)42-24-33-51-48-12-6-9-15-54(48)60(3)57(51)36-42/h4-36H,1-3H3. The predicted octanol–water partition coefficient (Wildman–Crippen LogP) is 15.1. The lowest BCUT2D eigenvalue weighted by Crippen LogP contribution is -2.09. The molecule has 290 valence electrons. The summed E-state index contributed by atoms with van der Waals surface area (Å²) in [4.78, 5) is 2.37. The maximum atomic E-state index is 2.37. The number of nitrogens with zero attached hydrogens (tertiary/aromatic N) is 4. The molecule has 4 nitrogen and oxygen atoms in total. The van der Waals surface area contributed by atoms with E-state index in [-0.39, 0.29) is 0 Å². The van der Waals surface area contributed by atoms with Gasteiger partial charge in [-0.1, -0.05) is 127 Å². The fourth-order valence-corrected chi connectivity index (χ4v) is 9.88. The molecule has 0 fully saturated rings. The predicted molar refractivity (Wildman–Crippen MR) is 259 cm³/mol. The molecule has 3 aromatic heterocycles.